The molecule has 228 valence electrons. The molecule has 1 aromatic carbocycles. The lowest BCUT2D eigenvalue weighted by Gasteiger charge is -2.38. The van der Waals surface area contributed by atoms with Crippen molar-refractivity contribution >= 4 is 11.9 Å². The number of hydrogen-bond acceptors (Lipinski definition) is 5. The van der Waals surface area contributed by atoms with Crippen molar-refractivity contribution in [2.75, 3.05) is 20.1 Å². The van der Waals surface area contributed by atoms with Crippen LogP contribution < -0.4 is 20.1 Å². The maximum Gasteiger partial charge on any atom is 0.330 e. The minimum absolute atomic E-state index is 0.153. The fourth-order valence-electron chi connectivity index (χ4n) is 5.96. The number of hydrogen-bond donors (Lipinski definition) is 2. The van der Waals surface area contributed by atoms with E-state index in [0.717, 1.165) is 65.0 Å². The van der Waals surface area contributed by atoms with Gasteiger partial charge in [0.2, 0.25) is 5.91 Å². The van der Waals surface area contributed by atoms with Crippen LogP contribution in [-0.2, 0) is 16.0 Å². The van der Waals surface area contributed by atoms with Gasteiger partial charge in [0.1, 0.15) is 23.6 Å². The Morgan fingerprint density at radius 3 is 2.08 bits per heavy atom. The molecule has 3 unspecified atom stereocenters. The third kappa shape index (κ3) is 10.7. The van der Waals surface area contributed by atoms with Crippen molar-refractivity contribution in [3.63, 3.8) is 0 Å². The van der Waals surface area contributed by atoms with Crippen LogP contribution in [0.4, 0.5) is 0 Å². The van der Waals surface area contributed by atoms with Crippen molar-refractivity contribution in [3.05, 3.63) is 22.3 Å². The normalized spacial score (nSPS) is 18.1. The first-order valence-corrected chi connectivity index (χ1v) is 15.8. The van der Waals surface area contributed by atoms with Gasteiger partial charge < -0.3 is 20.1 Å². The third-order valence-corrected chi connectivity index (χ3v) is 8.82. The second kappa shape index (κ2) is 16.4. The van der Waals surface area contributed by atoms with Crippen molar-refractivity contribution in [1.82, 2.24) is 10.6 Å². The molecule has 1 aromatic rings. The summed E-state index contributed by atoms with van der Waals surface area (Å²) < 4.78 is 12.5. The average molecular weight is 559 g/mol. The summed E-state index contributed by atoms with van der Waals surface area (Å²) in [6.45, 7) is 17.8. The minimum Gasteiger partial charge on any atom is -0.487 e. The summed E-state index contributed by atoms with van der Waals surface area (Å²) in [4.78, 5) is 24.1. The van der Waals surface area contributed by atoms with Crippen molar-refractivity contribution in [2.24, 2.45) is 17.8 Å². The maximum atomic E-state index is 12.5. The molecule has 40 heavy (non-hydrogen) atoms. The Morgan fingerprint density at radius 1 is 0.875 bits per heavy atom. The number of carbonyl (C=O) groups excluding carboxylic acids is 2. The zero-order chi connectivity index (χ0) is 29.9. The van der Waals surface area contributed by atoms with E-state index < -0.39 is 5.97 Å². The van der Waals surface area contributed by atoms with E-state index in [4.69, 9.17) is 9.47 Å². The monoisotopic (exact) mass is 558 g/mol. The van der Waals surface area contributed by atoms with E-state index in [9.17, 15) is 9.59 Å². The van der Waals surface area contributed by atoms with Crippen molar-refractivity contribution in [2.45, 2.75) is 132 Å². The van der Waals surface area contributed by atoms with Gasteiger partial charge in [0.25, 0.3) is 0 Å². The number of esters is 1. The molecule has 0 saturated heterocycles. The highest BCUT2D eigenvalue weighted by molar-refractivity contribution is 5.84. The molecule has 3 atom stereocenters. The minimum atomic E-state index is -0.466. The van der Waals surface area contributed by atoms with Crippen LogP contribution in [0.25, 0.3) is 0 Å². The summed E-state index contributed by atoms with van der Waals surface area (Å²) >= 11 is 0. The van der Waals surface area contributed by atoms with Gasteiger partial charge in [-0.25, -0.2) is 4.79 Å². The number of benzene rings is 1. The number of amides is 1. The Balaban J connectivity index is 1.87. The maximum absolute atomic E-state index is 12.5. The Kier molecular flexibility index (Phi) is 14.0. The molecule has 0 aromatic heterocycles. The van der Waals surface area contributed by atoms with Gasteiger partial charge in [0.05, 0.1) is 6.54 Å². The molecule has 1 aliphatic rings. The van der Waals surface area contributed by atoms with Gasteiger partial charge in [-0.15, -0.1) is 0 Å². The van der Waals surface area contributed by atoms with E-state index in [0.29, 0.717) is 5.75 Å². The van der Waals surface area contributed by atoms with Gasteiger partial charge in [-0.1, -0.05) is 72.6 Å². The van der Waals surface area contributed by atoms with Crippen LogP contribution in [0.1, 0.15) is 121 Å². The predicted molar refractivity (Wildman–Crippen MR) is 165 cm³/mol. The van der Waals surface area contributed by atoms with E-state index in [2.05, 4.69) is 52.2 Å². The van der Waals surface area contributed by atoms with Gasteiger partial charge in [-0.2, -0.15) is 0 Å². The summed E-state index contributed by atoms with van der Waals surface area (Å²) in [7, 11) is 1.69. The molecule has 0 fully saturated rings. The fraction of sp³-hybridized carbons (Fsp3) is 0.765. The quantitative estimate of drug-likeness (QED) is 0.154. The van der Waals surface area contributed by atoms with Gasteiger partial charge >= 0.3 is 5.97 Å². The lowest BCUT2D eigenvalue weighted by atomic mass is 9.83. The molecule has 1 amide bonds. The summed E-state index contributed by atoms with van der Waals surface area (Å²) in [5.41, 5.74) is 3.88. The Labute approximate surface area is 244 Å². The smallest absolute Gasteiger partial charge is 0.330 e. The second-order valence-corrected chi connectivity index (χ2v) is 13.2. The predicted octanol–water partition coefficient (Wildman–Crippen LogP) is 7.38. The molecule has 0 spiro atoms. The van der Waals surface area contributed by atoms with Gasteiger partial charge in [0, 0.05) is 5.56 Å². The van der Waals surface area contributed by atoms with Gasteiger partial charge in [0.15, 0.2) is 0 Å². The standard InChI is InChI=1S/C34H58N2O4/c1-23(2)13-10-14-24(3)15-11-16-25(4)17-12-19-34(8)20-18-29-28(7)32(26(5)27(6)33(29)40-34)39-31(38)22-36-30(37)21-35-9/h23-25,35H,10-22H2,1-9H3,(H,36,37). The van der Waals surface area contributed by atoms with Gasteiger partial charge in [-0.05, 0) is 94.9 Å². The van der Waals surface area contributed by atoms with Crippen molar-refractivity contribution < 1.29 is 19.1 Å². The van der Waals surface area contributed by atoms with Crippen LogP contribution in [0.5, 0.6) is 11.5 Å². The van der Waals surface area contributed by atoms with E-state index in [1.807, 2.05) is 13.8 Å². The summed E-state index contributed by atoms with van der Waals surface area (Å²) in [5, 5.41) is 5.35. The molecule has 0 bridgehead atoms. The molecule has 2 rings (SSSR count). The summed E-state index contributed by atoms with van der Waals surface area (Å²) in [5.74, 6) is 3.29. The topological polar surface area (TPSA) is 76.7 Å². The van der Waals surface area contributed by atoms with E-state index >= 15 is 0 Å². The largest absolute Gasteiger partial charge is 0.487 e. The highest BCUT2D eigenvalue weighted by Crippen LogP contribution is 2.45. The van der Waals surface area contributed by atoms with Crippen LogP contribution in [0.15, 0.2) is 0 Å². The number of ether oxygens (including phenoxy) is 2. The molecule has 1 aliphatic heterocycles. The van der Waals surface area contributed by atoms with E-state index in [-0.39, 0.29) is 24.6 Å². The lowest BCUT2D eigenvalue weighted by Crippen LogP contribution is -2.38. The van der Waals surface area contributed by atoms with Gasteiger partial charge in [-0.3, -0.25) is 4.79 Å². The van der Waals surface area contributed by atoms with Crippen LogP contribution in [0.2, 0.25) is 0 Å². The highest BCUT2D eigenvalue weighted by atomic mass is 16.5. The molecule has 1 heterocycles. The van der Waals surface area contributed by atoms with Crippen LogP contribution in [0, 0.1) is 38.5 Å². The summed E-state index contributed by atoms with van der Waals surface area (Å²) in [6.07, 6.45) is 13.5. The molecule has 6 heteroatoms. The first-order valence-electron chi connectivity index (χ1n) is 15.8. The fourth-order valence-corrected chi connectivity index (χ4v) is 5.96. The molecule has 2 N–H and O–H groups in total. The van der Waals surface area contributed by atoms with Crippen molar-refractivity contribution in [3.8, 4) is 11.5 Å². The Morgan fingerprint density at radius 2 is 1.48 bits per heavy atom. The molecular weight excluding hydrogens is 500 g/mol. The molecule has 0 aliphatic carbocycles. The zero-order valence-corrected chi connectivity index (χ0v) is 27.1. The third-order valence-electron chi connectivity index (χ3n) is 8.82. The molecule has 0 saturated carbocycles. The second-order valence-electron chi connectivity index (χ2n) is 13.2. The van der Waals surface area contributed by atoms with Crippen molar-refractivity contribution in [1.29, 1.82) is 0 Å². The average Bonchev–Trinajstić information content (AvgIpc) is 2.88. The number of carbonyl (C=O) groups is 2. The van der Waals surface area contributed by atoms with E-state index in [1.54, 1.807) is 7.05 Å². The first-order chi connectivity index (χ1) is 18.9. The number of fused-ring (bicyclic) bond motifs is 1. The molecule has 0 radical (unpaired) electrons. The van der Waals surface area contributed by atoms with Crippen LogP contribution in [-0.4, -0.2) is 37.6 Å². The SMILES string of the molecule is CNCC(=O)NCC(=O)Oc1c(C)c(C)c2c(c1C)CCC(C)(CCCC(C)CCCC(C)CCCC(C)C)O2. The number of likely N-dealkylation sites (N-methyl/N-ethyl adjacent to an activating group) is 1. The number of nitrogens with one attached hydrogen (secondary N) is 2. The first kappa shape index (κ1) is 34.1. The molecule has 6 nitrogen and oxygen atoms in total. The zero-order valence-electron chi connectivity index (χ0n) is 27.1. The van der Waals surface area contributed by atoms with Crippen LogP contribution in [0.3, 0.4) is 0 Å². The summed E-state index contributed by atoms with van der Waals surface area (Å²) in [6, 6.07) is 0. The van der Waals surface area contributed by atoms with E-state index in [1.165, 1.54) is 51.4 Å². The Hall–Kier alpha value is -2.08. The lowest BCUT2D eigenvalue weighted by molar-refractivity contribution is -0.135. The molecular formula is C34H58N2O4. The number of rotatable bonds is 17. The van der Waals surface area contributed by atoms with Crippen LogP contribution >= 0.6 is 0 Å². The highest BCUT2D eigenvalue weighted by Gasteiger charge is 2.34. The Bertz CT molecular complexity index is 973.